The van der Waals surface area contributed by atoms with E-state index in [1.54, 1.807) is 54.4 Å². The zero-order valence-electron chi connectivity index (χ0n) is 15.5. The third-order valence-electron chi connectivity index (χ3n) is 4.50. The van der Waals surface area contributed by atoms with Gasteiger partial charge < -0.3 is 10.6 Å². The summed E-state index contributed by atoms with van der Waals surface area (Å²) in [6.45, 7) is 6.03. The zero-order chi connectivity index (χ0) is 19.5. The monoisotopic (exact) mass is 375 g/mol. The predicted molar refractivity (Wildman–Crippen MR) is 104 cm³/mol. The van der Waals surface area contributed by atoms with Crippen LogP contribution in [0.2, 0.25) is 0 Å². The largest absolute Gasteiger partial charge is 0.338 e. The van der Waals surface area contributed by atoms with Crippen LogP contribution in [0.25, 0.3) is 0 Å². The quantitative estimate of drug-likeness (QED) is 0.811. The molecule has 140 valence electrons. The summed E-state index contributed by atoms with van der Waals surface area (Å²) in [6.07, 6.45) is 0. The molecule has 0 heterocycles. The van der Waals surface area contributed by atoms with E-state index in [9.17, 15) is 13.2 Å². The van der Waals surface area contributed by atoms with E-state index in [1.165, 1.54) is 0 Å². The van der Waals surface area contributed by atoms with Crippen LogP contribution in [0.15, 0.2) is 47.4 Å². The normalized spacial score (nSPS) is 12.5. The highest BCUT2D eigenvalue weighted by Crippen LogP contribution is 2.19. The molecular weight excluding hydrogens is 350 g/mol. The number of carbonyl (C=O) groups excluding carboxylic acids is 1. The number of carbonyl (C=O) groups is 1. The lowest BCUT2D eigenvalue weighted by molar-refractivity contribution is 0.0748. The van der Waals surface area contributed by atoms with Crippen LogP contribution in [0.1, 0.15) is 28.4 Å². The van der Waals surface area contributed by atoms with Crippen LogP contribution in [0, 0.1) is 13.8 Å². The molecular formula is C19H25N3O3S. The summed E-state index contributed by atoms with van der Waals surface area (Å²) in [4.78, 5) is 14.1. The molecule has 1 amide bonds. The van der Waals surface area contributed by atoms with Crippen LogP contribution in [-0.4, -0.2) is 38.9 Å². The first-order valence-corrected chi connectivity index (χ1v) is 9.81. The Bertz CT molecular complexity index is 893. The Labute approximate surface area is 155 Å². The minimum atomic E-state index is -3.68. The number of nitrogens with two attached hydrogens (primary N) is 1. The minimum Gasteiger partial charge on any atom is -0.338 e. The molecule has 3 N–H and O–H groups in total. The molecule has 26 heavy (non-hydrogen) atoms. The Balaban J connectivity index is 2.18. The van der Waals surface area contributed by atoms with Gasteiger partial charge in [0.15, 0.2) is 0 Å². The smallest absolute Gasteiger partial charge is 0.261 e. The van der Waals surface area contributed by atoms with Gasteiger partial charge in [0.25, 0.3) is 15.9 Å². The zero-order valence-corrected chi connectivity index (χ0v) is 16.3. The van der Waals surface area contributed by atoms with Crippen molar-refractivity contribution in [2.24, 2.45) is 5.73 Å². The molecule has 6 nitrogen and oxygen atoms in total. The number of rotatable bonds is 6. The third kappa shape index (κ3) is 4.42. The molecule has 0 saturated carbocycles. The molecule has 1 unspecified atom stereocenters. The maximum atomic E-state index is 12.5. The third-order valence-corrected chi connectivity index (χ3v) is 5.87. The number of hydrogen-bond acceptors (Lipinski definition) is 4. The van der Waals surface area contributed by atoms with Crippen LogP contribution >= 0.6 is 0 Å². The van der Waals surface area contributed by atoms with Crippen LogP contribution < -0.4 is 10.5 Å². The fourth-order valence-corrected chi connectivity index (χ4v) is 3.48. The lowest BCUT2D eigenvalue weighted by Crippen LogP contribution is -2.39. The van der Waals surface area contributed by atoms with Gasteiger partial charge in [0.05, 0.1) is 4.90 Å². The number of hydrogen-bond donors (Lipinski definition) is 2. The topological polar surface area (TPSA) is 92.5 Å². The predicted octanol–water partition coefficient (Wildman–Crippen LogP) is 2.52. The average molecular weight is 375 g/mol. The summed E-state index contributed by atoms with van der Waals surface area (Å²) in [7, 11) is -1.99. The van der Waals surface area contributed by atoms with Crippen molar-refractivity contribution in [3.63, 3.8) is 0 Å². The van der Waals surface area contributed by atoms with Crippen molar-refractivity contribution < 1.29 is 13.2 Å². The van der Waals surface area contributed by atoms with Gasteiger partial charge in [-0.3, -0.25) is 9.52 Å². The summed E-state index contributed by atoms with van der Waals surface area (Å²) in [6, 6.07) is 11.3. The standard InChI is InChI=1S/C19H25N3O3S/c1-13-5-10-18(11-14(13)2)26(24,25)21-17-8-6-16(7-9-17)19(23)22(4)15(3)12-20/h5-11,15,21H,12,20H2,1-4H3. The van der Waals surface area contributed by atoms with Crippen LogP contribution in [0.3, 0.4) is 0 Å². The minimum absolute atomic E-state index is 0.0783. The van der Waals surface area contributed by atoms with Crippen molar-refractivity contribution in [1.29, 1.82) is 0 Å². The number of amides is 1. The summed E-state index contributed by atoms with van der Waals surface area (Å²) < 4.78 is 27.6. The van der Waals surface area contributed by atoms with E-state index in [4.69, 9.17) is 5.73 Å². The van der Waals surface area contributed by atoms with Crippen LogP contribution in [0.5, 0.6) is 0 Å². The van der Waals surface area contributed by atoms with Gasteiger partial charge >= 0.3 is 0 Å². The van der Waals surface area contributed by atoms with Crippen molar-refractivity contribution in [1.82, 2.24) is 4.90 Å². The Morgan fingerprint density at radius 1 is 1.12 bits per heavy atom. The number of likely N-dealkylation sites (N-methyl/N-ethyl adjacent to an activating group) is 1. The number of sulfonamides is 1. The van der Waals surface area contributed by atoms with Crippen LogP contribution in [-0.2, 0) is 10.0 Å². The van der Waals surface area contributed by atoms with Gasteiger partial charge in [-0.2, -0.15) is 0 Å². The van der Waals surface area contributed by atoms with Crippen molar-refractivity contribution in [2.45, 2.75) is 31.7 Å². The maximum absolute atomic E-state index is 12.5. The summed E-state index contributed by atoms with van der Waals surface area (Å²) >= 11 is 0. The lowest BCUT2D eigenvalue weighted by Gasteiger charge is -2.23. The Morgan fingerprint density at radius 3 is 2.27 bits per heavy atom. The second kappa shape index (κ2) is 7.88. The first-order valence-electron chi connectivity index (χ1n) is 8.33. The number of benzene rings is 2. The van der Waals surface area contributed by atoms with Crippen molar-refractivity contribution >= 4 is 21.6 Å². The molecule has 2 aromatic rings. The molecule has 0 aliphatic carbocycles. The molecule has 0 aliphatic heterocycles. The molecule has 2 aromatic carbocycles. The van der Waals surface area contributed by atoms with Crippen molar-refractivity contribution in [3.8, 4) is 0 Å². The second-order valence-electron chi connectivity index (χ2n) is 6.43. The lowest BCUT2D eigenvalue weighted by atomic mass is 10.1. The van der Waals surface area contributed by atoms with Gasteiger partial charge in [-0.05, 0) is 68.3 Å². The van der Waals surface area contributed by atoms with Gasteiger partial charge in [-0.25, -0.2) is 8.42 Å². The molecule has 0 bridgehead atoms. The molecule has 0 aromatic heterocycles. The highest BCUT2D eigenvalue weighted by atomic mass is 32.2. The molecule has 0 fully saturated rings. The molecule has 0 aliphatic rings. The molecule has 0 saturated heterocycles. The summed E-state index contributed by atoms with van der Waals surface area (Å²) in [5.41, 5.74) is 8.40. The average Bonchev–Trinajstić information content (AvgIpc) is 2.62. The first-order chi connectivity index (χ1) is 12.2. The van der Waals surface area contributed by atoms with Gasteiger partial charge in [-0.1, -0.05) is 6.07 Å². The molecule has 0 radical (unpaired) electrons. The molecule has 2 rings (SSSR count). The summed E-state index contributed by atoms with van der Waals surface area (Å²) in [5, 5.41) is 0. The van der Waals surface area contributed by atoms with Gasteiger partial charge in [0.1, 0.15) is 0 Å². The summed E-state index contributed by atoms with van der Waals surface area (Å²) in [5.74, 6) is -0.161. The van der Waals surface area contributed by atoms with Gasteiger partial charge in [0, 0.05) is 30.9 Å². The fraction of sp³-hybridized carbons (Fsp3) is 0.316. The highest BCUT2D eigenvalue weighted by Gasteiger charge is 2.18. The number of nitrogens with zero attached hydrogens (tertiary/aromatic N) is 1. The highest BCUT2D eigenvalue weighted by molar-refractivity contribution is 7.92. The van der Waals surface area contributed by atoms with Gasteiger partial charge in [0.2, 0.25) is 0 Å². The van der Waals surface area contributed by atoms with E-state index in [0.29, 0.717) is 17.8 Å². The maximum Gasteiger partial charge on any atom is 0.261 e. The SMILES string of the molecule is Cc1ccc(S(=O)(=O)Nc2ccc(C(=O)N(C)C(C)CN)cc2)cc1C. The van der Waals surface area contributed by atoms with E-state index in [0.717, 1.165) is 11.1 Å². The molecule has 7 heteroatoms. The molecule has 1 atom stereocenters. The van der Waals surface area contributed by atoms with Crippen molar-refractivity contribution in [3.05, 3.63) is 59.2 Å². The molecule has 0 spiro atoms. The Hall–Kier alpha value is -2.38. The van der Waals surface area contributed by atoms with E-state index in [1.807, 2.05) is 20.8 Å². The van der Waals surface area contributed by atoms with E-state index in [2.05, 4.69) is 4.72 Å². The van der Waals surface area contributed by atoms with E-state index in [-0.39, 0.29) is 16.8 Å². The second-order valence-corrected chi connectivity index (χ2v) is 8.11. The van der Waals surface area contributed by atoms with Crippen LogP contribution in [0.4, 0.5) is 5.69 Å². The number of aryl methyl sites for hydroxylation is 2. The Morgan fingerprint density at radius 2 is 1.73 bits per heavy atom. The number of anilines is 1. The van der Waals surface area contributed by atoms with Crippen molar-refractivity contribution in [2.75, 3.05) is 18.3 Å². The first kappa shape index (κ1) is 19.9. The van der Waals surface area contributed by atoms with Gasteiger partial charge in [-0.15, -0.1) is 0 Å². The van der Waals surface area contributed by atoms with E-state index >= 15 is 0 Å². The van der Waals surface area contributed by atoms with E-state index < -0.39 is 10.0 Å². The Kier molecular flexibility index (Phi) is 6.05. The number of nitrogens with one attached hydrogen (secondary N) is 1. The fourth-order valence-electron chi connectivity index (χ4n) is 2.34.